The molecule has 2 rings (SSSR count). The summed E-state index contributed by atoms with van der Waals surface area (Å²) in [5, 5.41) is 5.47. The van der Waals surface area contributed by atoms with Crippen molar-refractivity contribution in [2.24, 2.45) is 0 Å². The molecule has 0 aliphatic carbocycles. The van der Waals surface area contributed by atoms with Crippen molar-refractivity contribution >= 4 is 29.0 Å². The molecule has 1 fully saturated rings. The van der Waals surface area contributed by atoms with Gasteiger partial charge in [-0.05, 0) is 36.4 Å². The van der Waals surface area contributed by atoms with Gasteiger partial charge in [0.25, 0.3) is 0 Å². The zero-order chi connectivity index (χ0) is 9.10. The highest BCUT2D eigenvalue weighted by atomic mass is 35.5. The summed E-state index contributed by atoms with van der Waals surface area (Å²) in [6.45, 7) is 2.19. The third-order valence-electron chi connectivity index (χ3n) is 2.16. The van der Waals surface area contributed by atoms with E-state index in [1.54, 1.807) is 11.3 Å². The van der Waals surface area contributed by atoms with Crippen LogP contribution in [0.15, 0.2) is 17.0 Å². The van der Waals surface area contributed by atoms with Gasteiger partial charge in [-0.3, -0.25) is 0 Å². The lowest BCUT2D eigenvalue weighted by atomic mass is 10.0. The number of hydrogen-bond acceptors (Lipinski definition) is 2. The van der Waals surface area contributed by atoms with E-state index in [0.29, 0.717) is 0 Å². The fraction of sp³-hybridized carbons (Fsp3) is 0.400. The van der Waals surface area contributed by atoms with E-state index in [1.165, 1.54) is 24.0 Å². The van der Waals surface area contributed by atoms with E-state index in [1.807, 2.05) is 6.07 Å². The molecule has 0 radical (unpaired) electrons. The maximum atomic E-state index is 5.85. The fourth-order valence-electron chi connectivity index (χ4n) is 1.54. The van der Waals surface area contributed by atoms with Crippen LogP contribution in [0.1, 0.15) is 18.4 Å². The lowest BCUT2D eigenvalue weighted by Gasteiger charge is -2.14. The molecule has 1 aliphatic rings. The van der Waals surface area contributed by atoms with E-state index in [4.69, 9.17) is 11.6 Å². The molecule has 1 aromatic rings. The van der Waals surface area contributed by atoms with Gasteiger partial charge in [-0.15, -0.1) is 11.3 Å². The highest BCUT2D eigenvalue weighted by molar-refractivity contribution is 7.14. The number of piperidine rings is 1. The molecule has 0 amide bonds. The zero-order valence-electron chi connectivity index (χ0n) is 7.35. The Morgan fingerprint density at radius 3 is 3.08 bits per heavy atom. The SMILES string of the molecule is Clc1cc(/C=C2/CCCNC2)cs1. The first-order valence-corrected chi connectivity index (χ1v) is 5.74. The number of nitrogens with one attached hydrogen (secondary N) is 1. The molecule has 0 atom stereocenters. The van der Waals surface area contributed by atoms with Crippen LogP contribution in [0.5, 0.6) is 0 Å². The Balaban J connectivity index is 2.09. The van der Waals surface area contributed by atoms with Crippen molar-refractivity contribution in [3.63, 3.8) is 0 Å². The van der Waals surface area contributed by atoms with Crippen molar-refractivity contribution in [3.05, 3.63) is 26.9 Å². The zero-order valence-corrected chi connectivity index (χ0v) is 8.92. The molecule has 3 heteroatoms. The van der Waals surface area contributed by atoms with Crippen molar-refractivity contribution < 1.29 is 0 Å². The normalized spacial score (nSPS) is 20.8. The van der Waals surface area contributed by atoms with Gasteiger partial charge in [0.2, 0.25) is 0 Å². The molecule has 2 heterocycles. The summed E-state index contributed by atoms with van der Waals surface area (Å²) in [5.74, 6) is 0. The predicted octanol–water partition coefficient (Wildman–Crippen LogP) is 3.17. The lowest BCUT2D eigenvalue weighted by molar-refractivity contribution is 0.613. The topological polar surface area (TPSA) is 12.0 Å². The smallest absolute Gasteiger partial charge is 0.0934 e. The third kappa shape index (κ3) is 2.56. The summed E-state index contributed by atoms with van der Waals surface area (Å²) in [7, 11) is 0. The summed E-state index contributed by atoms with van der Waals surface area (Å²) in [5.41, 5.74) is 2.73. The first kappa shape index (κ1) is 9.25. The first-order chi connectivity index (χ1) is 6.34. The van der Waals surface area contributed by atoms with Crippen LogP contribution in [0.3, 0.4) is 0 Å². The average Bonchev–Trinajstić information content (AvgIpc) is 2.53. The molecule has 1 nitrogen and oxygen atoms in total. The van der Waals surface area contributed by atoms with Gasteiger partial charge in [0.05, 0.1) is 4.34 Å². The minimum atomic E-state index is 0.871. The molecule has 0 aromatic carbocycles. The Bertz CT molecular complexity index is 308. The monoisotopic (exact) mass is 213 g/mol. The van der Waals surface area contributed by atoms with E-state index >= 15 is 0 Å². The molecule has 13 heavy (non-hydrogen) atoms. The Kier molecular flexibility index (Phi) is 3.04. The van der Waals surface area contributed by atoms with Gasteiger partial charge in [-0.25, -0.2) is 0 Å². The number of rotatable bonds is 1. The quantitative estimate of drug-likeness (QED) is 0.756. The van der Waals surface area contributed by atoms with Crippen LogP contribution in [0.2, 0.25) is 4.34 Å². The summed E-state index contributed by atoms with van der Waals surface area (Å²) in [6, 6.07) is 2.02. The van der Waals surface area contributed by atoms with Gasteiger partial charge in [-0.1, -0.05) is 23.3 Å². The Morgan fingerprint density at radius 1 is 1.54 bits per heavy atom. The lowest BCUT2D eigenvalue weighted by Crippen LogP contribution is -2.23. The largest absolute Gasteiger partial charge is 0.313 e. The Morgan fingerprint density at radius 2 is 2.46 bits per heavy atom. The van der Waals surface area contributed by atoms with Crippen molar-refractivity contribution in [2.75, 3.05) is 13.1 Å². The highest BCUT2D eigenvalue weighted by Crippen LogP contribution is 2.23. The van der Waals surface area contributed by atoms with Crippen LogP contribution in [-0.2, 0) is 0 Å². The second-order valence-corrected chi connectivity index (χ2v) is 4.81. The van der Waals surface area contributed by atoms with Crippen LogP contribution in [-0.4, -0.2) is 13.1 Å². The van der Waals surface area contributed by atoms with Crippen LogP contribution >= 0.6 is 22.9 Å². The third-order valence-corrected chi connectivity index (χ3v) is 3.27. The summed E-state index contributed by atoms with van der Waals surface area (Å²) in [4.78, 5) is 0. The number of halogens is 1. The Labute approximate surface area is 87.4 Å². The first-order valence-electron chi connectivity index (χ1n) is 4.49. The minimum absolute atomic E-state index is 0.871. The average molecular weight is 214 g/mol. The van der Waals surface area contributed by atoms with Crippen LogP contribution in [0, 0.1) is 0 Å². The van der Waals surface area contributed by atoms with Crippen molar-refractivity contribution in [1.29, 1.82) is 0 Å². The maximum Gasteiger partial charge on any atom is 0.0934 e. The predicted molar refractivity (Wildman–Crippen MR) is 59.4 cm³/mol. The molecular weight excluding hydrogens is 202 g/mol. The summed E-state index contributed by atoms with van der Waals surface area (Å²) < 4.78 is 0.871. The summed E-state index contributed by atoms with van der Waals surface area (Å²) in [6.07, 6.45) is 4.72. The Hall–Kier alpha value is -0.310. The number of hydrogen-bond donors (Lipinski definition) is 1. The van der Waals surface area contributed by atoms with E-state index in [9.17, 15) is 0 Å². The summed E-state index contributed by atoms with van der Waals surface area (Å²) >= 11 is 7.45. The molecule has 1 aromatic heterocycles. The number of thiophene rings is 1. The van der Waals surface area contributed by atoms with Crippen LogP contribution in [0.4, 0.5) is 0 Å². The molecule has 1 aliphatic heterocycles. The molecular formula is C10H12ClNS. The van der Waals surface area contributed by atoms with Crippen molar-refractivity contribution in [3.8, 4) is 0 Å². The molecule has 1 N–H and O–H groups in total. The molecule has 0 spiro atoms. The van der Waals surface area contributed by atoms with E-state index in [-0.39, 0.29) is 0 Å². The second-order valence-electron chi connectivity index (χ2n) is 3.27. The second kappa shape index (κ2) is 4.27. The van der Waals surface area contributed by atoms with Gasteiger partial charge in [-0.2, -0.15) is 0 Å². The van der Waals surface area contributed by atoms with Crippen molar-refractivity contribution in [2.45, 2.75) is 12.8 Å². The van der Waals surface area contributed by atoms with E-state index in [0.717, 1.165) is 17.4 Å². The molecule has 0 saturated carbocycles. The van der Waals surface area contributed by atoms with Gasteiger partial charge in [0.1, 0.15) is 0 Å². The van der Waals surface area contributed by atoms with Gasteiger partial charge >= 0.3 is 0 Å². The molecule has 0 bridgehead atoms. The van der Waals surface area contributed by atoms with E-state index < -0.39 is 0 Å². The highest BCUT2D eigenvalue weighted by Gasteiger charge is 2.04. The van der Waals surface area contributed by atoms with Crippen LogP contribution < -0.4 is 5.32 Å². The van der Waals surface area contributed by atoms with Crippen LogP contribution in [0.25, 0.3) is 6.08 Å². The minimum Gasteiger partial charge on any atom is -0.313 e. The maximum absolute atomic E-state index is 5.85. The van der Waals surface area contributed by atoms with Gasteiger partial charge in [0.15, 0.2) is 0 Å². The van der Waals surface area contributed by atoms with Crippen molar-refractivity contribution in [1.82, 2.24) is 5.32 Å². The molecule has 0 unspecified atom stereocenters. The molecule has 1 saturated heterocycles. The van der Waals surface area contributed by atoms with Gasteiger partial charge < -0.3 is 5.32 Å². The fourth-order valence-corrected chi connectivity index (χ4v) is 2.38. The standard InChI is InChI=1S/C10H12ClNS/c11-10-5-9(7-13-10)4-8-2-1-3-12-6-8/h4-5,7,12H,1-3,6H2/b8-4-. The van der Waals surface area contributed by atoms with Gasteiger partial charge in [0, 0.05) is 6.54 Å². The van der Waals surface area contributed by atoms with E-state index in [2.05, 4.69) is 16.8 Å². The molecule has 70 valence electrons.